The summed E-state index contributed by atoms with van der Waals surface area (Å²) in [5.41, 5.74) is 12.2. The van der Waals surface area contributed by atoms with E-state index in [9.17, 15) is 9.18 Å². The van der Waals surface area contributed by atoms with Gasteiger partial charge in [-0.25, -0.2) is 9.37 Å². The van der Waals surface area contributed by atoms with Gasteiger partial charge in [-0.1, -0.05) is 12.1 Å². The van der Waals surface area contributed by atoms with Crippen molar-refractivity contribution in [2.45, 2.75) is 6.92 Å². The van der Waals surface area contributed by atoms with Gasteiger partial charge in [-0.05, 0) is 24.6 Å². The molecule has 2 rings (SSSR count). The number of carbonyl (C=O) groups excluding carboxylic acids is 1. The second-order valence-corrected chi connectivity index (χ2v) is 4.09. The summed E-state index contributed by atoms with van der Waals surface area (Å²) < 4.78 is 13.7. The quantitative estimate of drug-likeness (QED) is 0.786. The van der Waals surface area contributed by atoms with E-state index in [2.05, 4.69) is 10.3 Å². The van der Waals surface area contributed by atoms with E-state index in [1.54, 1.807) is 19.1 Å². The Morgan fingerprint density at radius 2 is 2.16 bits per heavy atom. The summed E-state index contributed by atoms with van der Waals surface area (Å²) in [5, 5.41) is 2.78. The lowest BCUT2D eigenvalue weighted by Gasteiger charge is -2.12. The first-order chi connectivity index (χ1) is 8.99. The third-order valence-corrected chi connectivity index (χ3v) is 2.64. The van der Waals surface area contributed by atoms with Crippen molar-refractivity contribution in [3.05, 3.63) is 47.4 Å². The van der Waals surface area contributed by atoms with Crippen molar-refractivity contribution in [2.24, 2.45) is 5.73 Å². The molecular weight excluding hydrogens is 247 g/mol. The predicted molar refractivity (Wildman–Crippen MR) is 71.6 cm³/mol. The minimum Gasteiger partial charge on any atom is -0.397 e. The normalized spacial score (nSPS) is 10.2. The van der Waals surface area contributed by atoms with Gasteiger partial charge in [-0.3, -0.25) is 4.79 Å². The maximum atomic E-state index is 13.7. The van der Waals surface area contributed by atoms with Gasteiger partial charge in [0.2, 0.25) is 0 Å². The predicted octanol–water partition coefficient (Wildman–Crippen LogP) is 1.95. The number of hydrogen-bond donors (Lipinski definition) is 3. The molecule has 2 aromatic rings. The van der Waals surface area contributed by atoms with Crippen molar-refractivity contribution in [1.82, 2.24) is 4.98 Å². The first kappa shape index (κ1) is 12.8. The number of aryl methyl sites for hydroxylation is 1. The number of hydrogen-bond acceptors (Lipinski definition) is 4. The Kier molecular flexibility index (Phi) is 3.33. The van der Waals surface area contributed by atoms with E-state index in [4.69, 9.17) is 11.5 Å². The van der Waals surface area contributed by atoms with Gasteiger partial charge < -0.3 is 16.8 Å². The Labute approximate surface area is 109 Å². The van der Waals surface area contributed by atoms with Crippen molar-refractivity contribution in [2.75, 3.05) is 11.1 Å². The maximum absolute atomic E-state index is 13.7. The zero-order valence-corrected chi connectivity index (χ0v) is 10.3. The number of nitrogens with zero attached hydrogens (tertiary/aromatic N) is 1. The standard InChI is InChI=1S/C13H13FN4O/c1-7-3-2-4-10(14)11(7)18-13-9(12(16)19)5-8(15)6-17-13/h2-6H,15H2,1H3,(H2,16,19)(H,17,18). The van der Waals surface area contributed by atoms with Gasteiger partial charge in [0.1, 0.15) is 11.6 Å². The van der Waals surface area contributed by atoms with Crippen molar-refractivity contribution in [3.63, 3.8) is 0 Å². The number of carbonyl (C=O) groups is 1. The Morgan fingerprint density at radius 3 is 2.79 bits per heavy atom. The highest BCUT2D eigenvalue weighted by Gasteiger charge is 2.13. The molecule has 5 nitrogen and oxygen atoms in total. The molecule has 19 heavy (non-hydrogen) atoms. The Hall–Kier alpha value is -2.63. The van der Waals surface area contributed by atoms with Crippen LogP contribution in [0.3, 0.4) is 0 Å². The SMILES string of the molecule is Cc1cccc(F)c1Nc1ncc(N)cc1C(N)=O. The molecular formula is C13H13FN4O. The first-order valence-corrected chi connectivity index (χ1v) is 5.56. The highest BCUT2D eigenvalue weighted by atomic mass is 19.1. The average molecular weight is 260 g/mol. The molecule has 0 saturated carbocycles. The lowest BCUT2D eigenvalue weighted by atomic mass is 10.1. The van der Waals surface area contributed by atoms with Crippen LogP contribution in [0.2, 0.25) is 0 Å². The van der Waals surface area contributed by atoms with E-state index in [1.165, 1.54) is 18.3 Å². The summed E-state index contributed by atoms with van der Waals surface area (Å²) in [6, 6.07) is 6.05. The van der Waals surface area contributed by atoms with E-state index in [0.717, 1.165) is 0 Å². The second kappa shape index (κ2) is 4.93. The molecule has 98 valence electrons. The number of aromatic nitrogens is 1. The molecule has 1 amide bonds. The first-order valence-electron chi connectivity index (χ1n) is 5.56. The molecule has 1 heterocycles. The highest BCUT2D eigenvalue weighted by molar-refractivity contribution is 5.99. The maximum Gasteiger partial charge on any atom is 0.252 e. The van der Waals surface area contributed by atoms with Gasteiger partial charge in [0.25, 0.3) is 5.91 Å². The molecule has 0 unspecified atom stereocenters. The zero-order chi connectivity index (χ0) is 14.0. The number of primary amides is 1. The van der Waals surface area contributed by atoms with E-state index in [1.807, 2.05) is 0 Å². The van der Waals surface area contributed by atoms with Gasteiger partial charge in [-0.2, -0.15) is 0 Å². The molecule has 0 bridgehead atoms. The topological polar surface area (TPSA) is 94.0 Å². The number of rotatable bonds is 3. The molecule has 0 saturated heterocycles. The van der Waals surface area contributed by atoms with Crippen LogP contribution in [0.15, 0.2) is 30.5 Å². The van der Waals surface area contributed by atoms with Gasteiger partial charge >= 0.3 is 0 Å². The summed E-state index contributed by atoms with van der Waals surface area (Å²) in [4.78, 5) is 15.3. The van der Waals surface area contributed by atoms with Crippen LogP contribution in [0, 0.1) is 12.7 Å². The monoisotopic (exact) mass is 260 g/mol. The van der Waals surface area contributed by atoms with E-state index in [0.29, 0.717) is 11.3 Å². The van der Waals surface area contributed by atoms with E-state index in [-0.39, 0.29) is 17.1 Å². The van der Waals surface area contributed by atoms with E-state index >= 15 is 0 Å². The highest BCUT2D eigenvalue weighted by Crippen LogP contribution is 2.25. The molecule has 1 aromatic heterocycles. The number of para-hydroxylation sites is 1. The van der Waals surface area contributed by atoms with Crippen LogP contribution in [0.5, 0.6) is 0 Å². The van der Waals surface area contributed by atoms with Crippen LogP contribution < -0.4 is 16.8 Å². The van der Waals surface area contributed by atoms with Crippen LogP contribution in [-0.4, -0.2) is 10.9 Å². The van der Waals surface area contributed by atoms with Gasteiger partial charge in [0, 0.05) is 0 Å². The third-order valence-electron chi connectivity index (χ3n) is 2.64. The van der Waals surface area contributed by atoms with Crippen LogP contribution >= 0.6 is 0 Å². The molecule has 0 spiro atoms. The summed E-state index contributed by atoms with van der Waals surface area (Å²) >= 11 is 0. The van der Waals surface area contributed by atoms with Crippen molar-refractivity contribution < 1.29 is 9.18 Å². The van der Waals surface area contributed by atoms with Crippen molar-refractivity contribution in [3.8, 4) is 0 Å². The minimum absolute atomic E-state index is 0.114. The van der Waals surface area contributed by atoms with Crippen LogP contribution in [0.25, 0.3) is 0 Å². The molecule has 0 atom stereocenters. The lowest BCUT2D eigenvalue weighted by molar-refractivity contribution is 0.100. The summed E-state index contributed by atoms with van der Waals surface area (Å²) in [5.74, 6) is -0.944. The summed E-state index contributed by atoms with van der Waals surface area (Å²) in [6.45, 7) is 1.74. The molecule has 0 aliphatic heterocycles. The number of amides is 1. The number of nitrogen functional groups attached to an aromatic ring is 1. The lowest BCUT2D eigenvalue weighted by Crippen LogP contribution is -2.15. The van der Waals surface area contributed by atoms with Crippen molar-refractivity contribution in [1.29, 1.82) is 0 Å². The molecule has 0 fully saturated rings. The van der Waals surface area contributed by atoms with Crippen molar-refractivity contribution >= 4 is 23.1 Å². The fraction of sp³-hybridized carbons (Fsp3) is 0.0769. The fourth-order valence-electron chi connectivity index (χ4n) is 1.68. The Bertz CT molecular complexity index is 622. The zero-order valence-electron chi connectivity index (χ0n) is 10.3. The van der Waals surface area contributed by atoms with Crippen LogP contribution in [0.1, 0.15) is 15.9 Å². The average Bonchev–Trinajstić information content (AvgIpc) is 2.35. The van der Waals surface area contributed by atoms with E-state index < -0.39 is 11.7 Å². The molecule has 6 heteroatoms. The minimum atomic E-state index is -0.684. The molecule has 1 aromatic carbocycles. The number of pyridine rings is 1. The second-order valence-electron chi connectivity index (χ2n) is 4.09. The number of benzene rings is 1. The number of nitrogens with two attached hydrogens (primary N) is 2. The number of anilines is 3. The Morgan fingerprint density at radius 1 is 1.42 bits per heavy atom. The smallest absolute Gasteiger partial charge is 0.252 e. The third kappa shape index (κ3) is 2.62. The van der Waals surface area contributed by atoms with Gasteiger partial charge in [0.15, 0.2) is 0 Å². The van der Waals surface area contributed by atoms with Crippen LogP contribution in [-0.2, 0) is 0 Å². The number of halogens is 1. The van der Waals surface area contributed by atoms with Crippen LogP contribution in [0.4, 0.5) is 21.6 Å². The van der Waals surface area contributed by atoms with Gasteiger partial charge in [0.05, 0.1) is 23.1 Å². The fourth-order valence-corrected chi connectivity index (χ4v) is 1.68. The molecule has 0 radical (unpaired) electrons. The molecule has 0 aliphatic rings. The summed E-state index contributed by atoms with van der Waals surface area (Å²) in [7, 11) is 0. The van der Waals surface area contributed by atoms with Gasteiger partial charge in [-0.15, -0.1) is 0 Å². The Balaban J connectivity index is 2.47. The summed E-state index contributed by atoms with van der Waals surface area (Å²) in [6.07, 6.45) is 1.37. The largest absolute Gasteiger partial charge is 0.397 e. The molecule has 0 aliphatic carbocycles. The molecule has 5 N–H and O–H groups in total. The number of nitrogens with one attached hydrogen (secondary N) is 1.